The molecule has 1 aliphatic rings. The van der Waals surface area contributed by atoms with Gasteiger partial charge in [-0.15, -0.1) is 0 Å². The van der Waals surface area contributed by atoms with Gasteiger partial charge in [-0.3, -0.25) is 14.9 Å². The molecule has 0 heterocycles. The minimum Gasteiger partial charge on any atom is -0.322 e. The third kappa shape index (κ3) is 3.16. The molecular formula is C14H14FN3O3. The quantitative estimate of drug-likeness (QED) is 0.484. The molecule has 1 aromatic carbocycles. The number of carbonyl (C=O) groups excluding carboxylic acids is 1. The minimum absolute atomic E-state index is 0.111. The van der Waals surface area contributed by atoms with Crippen LogP contribution in [0.15, 0.2) is 18.2 Å². The Labute approximate surface area is 120 Å². The summed E-state index contributed by atoms with van der Waals surface area (Å²) in [6.07, 6.45) is 3.42. The molecule has 6 nitrogen and oxygen atoms in total. The van der Waals surface area contributed by atoms with Crippen LogP contribution in [0, 0.1) is 27.3 Å². The van der Waals surface area contributed by atoms with Gasteiger partial charge in [0, 0.05) is 12.1 Å². The topological polar surface area (TPSA) is 87.2 Å². The summed E-state index contributed by atoms with van der Waals surface area (Å²) in [6, 6.07) is 4.57. The Morgan fingerprint density at radius 2 is 2.14 bits per heavy atom. The Kier molecular flexibility index (Phi) is 4.48. The molecule has 7 heteroatoms. The number of benzene rings is 1. The van der Waals surface area contributed by atoms with Gasteiger partial charge in [-0.2, -0.15) is 5.26 Å². The van der Waals surface area contributed by atoms with Crippen LogP contribution in [0.5, 0.6) is 0 Å². The Hall–Kier alpha value is -2.49. The van der Waals surface area contributed by atoms with Crippen molar-refractivity contribution in [1.82, 2.24) is 4.90 Å². The molecular weight excluding hydrogens is 277 g/mol. The van der Waals surface area contributed by atoms with Gasteiger partial charge in [0.1, 0.15) is 17.9 Å². The SMILES string of the molecule is N#CCN(C(=O)c1cc(F)ccc1[N+](=O)[O-])C1CCCC1. The fraction of sp³-hybridized carbons (Fsp3) is 0.429. The second-order valence-electron chi connectivity index (χ2n) is 4.95. The first-order valence-electron chi connectivity index (χ1n) is 6.66. The van der Waals surface area contributed by atoms with E-state index in [0.717, 1.165) is 43.9 Å². The van der Waals surface area contributed by atoms with Crippen molar-refractivity contribution in [2.24, 2.45) is 0 Å². The molecule has 0 atom stereocenters. The van der Waals surface area contributed by atoms with Crippen molar-refractivity contribution in [1.29, 1.82) is 5.26 Å². The summed E-state index contributed by atoms with van der Waals surface area (Å²) in [4.78, 5) is 24.1. The number of nitro benzene ring substituents is 1. The van der Waals surface area contributed by atoms with Gasteiger partial charge >= 0.3 is 0 Å². The van der Waals surface area contributed by atoms with Crippen LogP contribution in [-0.4, -0.2) is 28.3 Å². The molecule has 110 valence electrons. The first kappa shape index (κ1) is 14.9. The zero-order valence-electron chi connectivity index (χ0n) is 11.3. The third-order valence-electron chi connectivity index (χ3n) is 3.65. The maximum Gasteiger partial charge on any atom is 0.282 e. The summed E-state index contributed by atoms with van der Waals surface area (Å²) in [5.41, 5.74) is -0.746. The van der Waals surface area contributed by atoms with Crippen LogP contribution in [0.4, 0.5) is 10.1 Å². The van der Waals surface area contributed by atoms with Crippen LogP contribution >= 0.6 is 0 Å². The molecule has 1 saturated carbocycles. The number of nitro groups is 1. The first-order chi connectivity index (χ1) is 10.0. The summed E-state index contributed by atoms with van der Waals surface area (Å²) in [5, 5.41) is 19.9. The standard InChI is InChI=1S/C14H14FN3O3/c15-10-5-6-13(18(20)21)12(9-10)14(19)17(8-7-16)11-3-1-2-4-11/h5-6,9,11H,1-4,8H2. The number of nitriles is 1. The molecule has 0 bridgehead atoms. The van der Waals surface area contributed by atoms with Gasteiger partial charge in [-0.25, -0.2) is 4.39 Å². The lowest BCUT2D eigenvalue weighted by molar-refractivity contribution is -0.385. The van der Waals surface area contributed by atoms with Gasteiger partial charge in [0.25, 0.3) is 11.6 Å². The first-order valence-corrected chi connectivity index (χ1v) is 6.66. The lowest BCUT2D eigenvalue weighted by Crippen LogP contribution is -2.39. The number of nitrogens with zero attached hydrogens (tertiary/aromatic N) is 3. The second kappa shape index (κ2) is 6.31. The van der Waals surface area contributed by atoms with E-state index in [1.54, 1.807) is 0 Å². The smallest absolute Gasteiger partial charge is 0.282 e. The van der Waals surface area contributed by atoms with Crippen molar-refractivity contribution in [3.8, 4) is 6.07 Å². The maximum atomic E-state index is 13.3. The summed E-state index contributed by atoms with van der Waals surface area (Å²) in [6.45, 7) is -0.156. The Bertz CT molecular complexity index is 606. The fourth-order valence-electron chi connectivity index (χ4n) is 2.65. The van der Waals surface area contributed by atoms with Gasteiger partial charge in [0.05, 0.1) is 11.0 Å². The van der Waals surface area contributed by atoms with E-state index in [9.17, 15) is 19.3 Å². The highest BCUT2D eigenvalue weighted by Crippen LogP contribution is 2.27. The minimum atomic E-state index is -0.716. The highest BCUT2D eigenvalue weighted by Gasteiger charge is 2.31. The molecule has 1 aliphatic carbocycles. The molecule has 1 aromatic rings. The van der Waals surface area contributed by atoms with Crippen LogP contribution in [0.3, 0.4) is 0 Å². The molecule has 0 aliphatic heterocycles. The van der Waals surface area contributed by atoms with E-state index in [1.165, 1.54) is 4.90 Å². The van der Waals surface area contributed by atoms with Gasteiger partial charge in [0.2, 0.25) is 0 Å². The molecule has 0 saturated heterocycles. The number of hydrogen-bond acceptors (Lipinski definition) is 4. The van der Waals surface area contributed by atoms with Gasteiger partial charge in [-0.1, -0.05) is 12.8 Å². The van der Waals surface area contributed by atoms with Crippen LogP contribution in [0.2, 0.25) is 0 Å². The Morgan fingerprint density at radius 3 is 2.71 bits per heavy atom. The third-order valence-corrected chi connectivity index (χ3v) is 3.65. The van der Waals surface area contributed by atoms with Crippen LogP contribution in [0.1, 0.15) is 36.0 Å². The van der Waals surface area contributed by atoms with Crippen molar-refractivity contribution in [3.63, 3.8) is 0 Å². The predicted molar refractivity (Wildman–Crippen MR) is 72.0 cm³/mol. The number of amides is 1. The molecule has 0 spiro atoms. The van der Waals surface area contributed by atoms with Crippen molar-refractivity contribution < 1.29 is 14.1 Å². The molecule has 1 amide bonds. The van der Waals surface area contributed by atoms with Crippen molar-refractivity contribution in [2.45, 2.75) is 31.7 Å². The molecule has 1 fully saturated rings. The molecule has 0 aromatic heterocycles. The molecule has 0 radical (unpaired) electrons. The van der Waals surface area contributed by atoms with E-state index in [-0.39, 0.29) is 18.2 Å². The van der Waals surface area contributed by atoms with Crippen molar-refractivity contribution >= 4 is 11.6 Å². The number of halogens is 1. The lowest BCUT2D eigenvalue weighted by Gasteiger charge is -2.26. The normalized spacial score (nSPS) is 14.7. The van der Waals surface area contributed by atoms with Gasteiger partial charge in [0.15, 0.2) is 0 Å². The molecule has 21 heavy (non-hydrogen) atoms. The van der Waals surface area contributed by atoms with Gasteiger partial charge < -0.3 is 4.90 Å². The van der Waals surface area contributed by atoms with E-state index in [4.69, 9.17) is 5.26 Å². The molecule has 0 N–H and O–H groups in total. The second-order valence-corrected chi connectivity index (χ2v) is 4.95. The van der Waals surface area contributed by atoms with Gasteiger partial charge in [-0.05, 0) is 25.0 Å². The fourth-order valence-corrected chi connectivity index (χ4v) is 2.65. The van der Waals surface area contributed by atoms with E-state index in [1.807, 2.05) is 6.07 Å². The van der Waals surface area contributed by atoms with Crippen molar-refractivity contribution in [2.75, 3.05) is 6.54 Å². The zero-order chi connectivity index (χ0) is 15.4. The van der Waals surface area contributed by atoms with E-state index < -0.39 is 22.3 Å². The summed E-state index contributed by atoms with van der Waals surface area (Å²) in [5.74, 6) is -1.37. The molecule has 2 rings (SSSR count). The molecule has 0 unspecified atom stereocenters. The Balaban J connectivity index is 2.38. The summed E-state index contributed by atoms with van der Waals surface area (Å²) >= 11 is 0. The van der Waals surface area contributed by atoms with Crippen molar-refractivity contribution in [3.05, 3.63) is 39.7 Å². The van der Waals surface area contributed by atoms with Crippen LogP contribution in [0.25, 0.3) is 0 Å². The highest BCUT2D eigenvalue weighted by molar-refractivity contribution is 5.98. The number of rotatable bonds is 4. The Morgan fingerprint density at radius 1 is 1.48 bits per heavy atom. The monoisotopic (exact) mass is 291 g/mol. The number of hydrogen-bond donors (Lipinski definition) is 0. The average molecular weight is 291 g/mol. The average Bonchev–Trinajstić information content (AvgIpc) is 2.97. The lowest BCUT2D eigenvalue weighted by atomic mass is 10.1. The summed E-state index contributed by atoms with van der Waals surface area (Å²) < 4.78 is 13.3. The predicted octanol–water partition coefficient (Wildman–Crippen LogP) is 2.64. The maximum absolute atomic E-state index is 13.3. The zero-order valence-corrected chi connectivity index (χ0v) is 11.3. The van der Waals surface area contributed by atoms with Crippen LogP contribution < -0.4 is 0 Å². The largest absolute Gasteiger partial charge is 0.322 e. The summed E-state index contributed by atoms with van der Waals surface area (Å²) in [7, 11) is 0. The van der Waals surface area contributed by atoms with E-state index in [0.29, 0.717) is 0 Å². The van der Waals surface area contributed by atoms with Crippen LogP contribution in [-0.2, 0) is 0 Å². The van der Waals surface area contributed by atoms with E-state index >= 15 is 0 Å². The van der Waals surface area contributed by atoms with E-state index in [2.05, 4.69) is 0 Å². The number of carbonyl (C=O) groups is 1. The highest BCUT2D eigenvalue weighted by atomic mass is 19.1.